The molecule has 0 aliphatic heterocycles. The average molecular weight is 315 g/mol. The number of hydrogen-bond donors (Lipinski definition) is 3. The SMILES string of the molecule is CC(C)(O)C(C)(C)NS(=O)(=O)c1ccc(CC(=O)O)cc1. The number of nitrogens with one attached hydrogen (secondary N) is 1. The van der Waals surface area contributed by atoms with Crippen LogP contribution in [0.15, 0.2) is 29.2 Å². The molecule has 0 aliphatic carbocycles. The molecule has 1 aromatic carbocycles. The predicted octanol–water partition coefficient (Wildman–Crippen LogP) is 1.14. The molecule has 118 valence electrons. The van der Waals surface area contributed by atoms with Gasteiger partial charge in [-0.2, -0.15) is 0 Å². The van der Waals surface area contributed by atoms with Crippen molar-refractivity contribution in [2.45, 2.75) is 50.2 Å². The van der Waals surface area contributed by atoms with E-state index in [4.69, 9.17) is 5.11 Å². The summed E-state index contributed by atoms with van der Waals surface area (Å²) in [7, 11) is -3.80. The monoisotopic (exact) mass is 315 g/mol. The van der Waals surface area contributed by atoms with Crippen molar-refractivity contribution >= 4 is 16.0 Å². The van der Waals surface area contributed by atoms with Crippen LogP contribution in [-0.4, -0.2) is 35.7 Å². The first-order valence-electron chi connectivity index (χ1n) is 6.42. The minimum Gasteiger partial charge on any atom is -0.481 e. The number of carbonyl (C=O) groups is 1. The van der Waals surface area contributed by atoms with E-state index in [2.05, 4.69) is 4.72 Å². The van der Waals surface area contributed by atoms with Gasteiger partial charge in [-0.15, -0.1) is 0 Å². The third-order valence-corrected chi connectivity index (χ3v) is 5.18. The van der Waals surface area contributed by atoms with E-state index in [-0.39, 0.29) is 11.3 Å². The maximum atomic E-state index is 12.3. The van der Waals surface area contributed by atoms with Gasteiger partial charge < -0.3 is 10.2 Å². The smallest absolute Gasteiger partial charge is 0.307 e. The van der Waals surface area contributed by atoms with Crippen LogP contribution in [0.1, 0.15) is 33.3 Å². The zero-order valence-corrected chi connectivity index (χ0v) is 13.4. The zero-order valence-electron chi connectivity index (χ0n) is 12.5. The number of aliphatic carboxylic acids is 1. The molecule has 0 bridgehead atoms. The van der Waals surface area contributed by atoms with Gasteiger partial charge in [0.1, 0.15) is 0 Å². The molecule has 0 fully saturated rings. The molecule has 3 N–H and O–H groups in total. The molecule has 0 amide bonds. The summed E-state index contributed by atoms with van der Waals surface area (Å²) >= 11 is 0. The third kappa shape index (κ3) is 4.52. The fourth-order valence-corrected chi connectivity index (χ4v) is 3.01. The average Bonchev–Trinajstić information content (AvgIpc) is 2.25. The fourth-order valence-electron chi connectivity index (χ4n) is 1.48. The number of sulfonamides is 1. The standard InChI is InChI=1S/C14H21NO5S/c1-13(2,14(3,4)18)15-21(19,20)11-7-5-10(6-8-11)9-12(16)17/h5-8,15,18H,9H2,1-4H3,(H,16,17). The van der Waals surface area contributed by atoms with Gasteiger partial charge in [-0.3, -0.25) is 4.79 Å². The molecule has 1 rings (SSSR count). The van der Waals surface area contributed by atoms with Gasteiger partial charge in [-0.25, -0.2) is 13.1 Å². The topological polar surface area (TPSA) is 104 Å². The Labute approximate surface area is 124 Å². The van der Waals surface area contributed by atoms with Gasteiger partial charge >= 0.3 is 5.97 Å². The van der Waals surface area contributed by atoms with Gasteiger partial charge in [-0.05, 0) is 45.4 Å². The summed E-state index contributed by atoms with van der Waals surface area (Å²) in [5, 5.41) is 18.7. The Morgan fingerprint density at radius 1 is 1.14 bits per heavy atom. The summed E-state index contributed by atoms with van der Waals surface area (Å²) in [5.41, 5.74) is -1.79. The highest BCUT2D eigenvalue weighted by molar-refractivity contribution is 7.89. The molecular weight excluding hydrogens is 294 g/mol. The van der Waals surface area contributed by atoms with Crippen molar-refractivity contribution in [1.82, 2.24) is 4.72 Å². The predicted molar refractivity (Wildman–Crippen MR) is 78.5 cm³/mol. The first kappa shape index (κ1) is 17.6. The van der Waals surface area contributed by atoms with Crippen LogP contribution in [0.5, 0.6) is 0 Å². The lowest BCUT2D eigenvalue weighted by Gasteiger charge is -2.37. The number of rotatable bonds is 6. The summed E-state index contributed by atoms with van der Waals surface area (Å²) in [4.78, 5) is 10.6. The van der Waals surface area contributed by atoms with Gasteiger partial charge in [0.25, 0.3) is 0 Å². The van der Waals surface area contributed by atoms with Crippen LogP contribution in [0.2, 0.25) is 0 Å². The maximum Gasteiger partial charge on any atom is 0.307 e. The van der Waals surface area contributed by atoms with E-state index in [9.17, 15) is 18.3 Å². The Morgan fingerprint density at radius 2 is 1.62 bits per heavy atom. The first-order valence-corrected chi connectivity index (χ1v) is 7.90. The largest absolute Gasteiger partial charge is 0.481 e. The van der Waals surface area contributed by atoms with E-state index in [1.54, 1.807) is 13.8 Å². The molecule has 1 aromatic rings. The highest BCUT2D eigenvalue weighted by atomic mass is 32.2. The Morgan fingerprint density at radius 3 is 2.00 bits per heavy atom. The van der Waals surface area contributed by atoms with Crippen molar-refractivity contribution in [3.8, 4) is 0 Å². The first-order chi connectivity index (χ1) is 9.35. The van der Waals surface area contributed by atoms with Gasteiger partial charge in [0.2, 0.25) is 10.0 Å². The second-order valence-electron chi connectivity index (χ2n) is 6.00. The van der Waals surface area contributed by atoms with Crippen LogP contribution < -0.4 is 4.72 Å². The molecule has 0 unspecified atom stereocenters. The van der Waals surface area contributed by atoms with Gasteiger partial charge in [-0.1, -0.05) is 12.1 Å². The van der Waals surface area contributed by atoms with Gasteiger partial charge in [0, 0.05) is 0 Å². The molecule has 0 saturated heterocycles. The summed E-state index contributed by atoms with van der Waals surface area (Å²) in [5.74, 6) is -0.980. The highest BCUT2D eigenvalue weighted by Crippen LogP contribution is 2.23. The van der Waals surface area contributed by atoms with E-state index in [1.807, 2.05) is 0 Å². The molecule has 6 nitrogen and oxygen atoms in total. The van der Waals surface area contributed by atoms with Crippen LogP contribution in [0.25, 0.3) is 0 Å². The van der Waals surface area contributed by atoms with Crippen molar-refractivity contribution < 1.29 is 23.4 Å². The Bertz CT molecular complexity index is 612. The molecule has 0 aliphatic rings. The minimum atomic E-state index is -3.80. The van der Waals surface area contributed by atoms with Gasteiger partial charge in [0.15, 0.2) is 0 Å². The molecule has 0 heterocycles. The van der Waals surface area contributed by atoms with Crippen LogP contribution in [-0.2, 0) is 21.2 Å². The second-order valence-corrected chi connectivity index (χ2v) is 7.69. The number of carboxylic acid groups (broad SMARTS) is 1. The fraction of sp³-hybridized carbons (Fsp3) is 0.500. The van der Waals surface area contributed by atoms with E-state index >= 15 is 0 Å². The minimum absolute atomic E-state index is 0.0222. The third-order valence-electron chi connectivity index (χ3n) is 3.51. The number of aliphatic hydroxyl groups is 1. The van der Waals surface area contributed by atoms with E-state index in [1.165, 1.54) is 38.1 Å². The summed E-state index contributed by atoms with van der Waals surface area (Å²) < 4.78 is 27.0. The quantitative estimate of drug-likeness (QED) is 0.730. The molecule has 0 spiro atoms. The summed E-state index contributed by atoms with van der Waals surface area (Å²) in [6.45, 7) is 6.21. The van der Waals surface area contributed by atoms with Crippen LogP contribution in [0, 0.1) is 0 Å². The Kier molecular flexibility index (Phi) is 4.82. The molecule has 0 aromatic heterocycles. The van der Waals surface area contributed by atoms with Crippen molar-refractivity contribution in [2.24, 2.45) is 0 Å². The maximum absolute atomic E-state index is 12.3. The molecule has 0 atom stereocenters. The number of benzene rings is 1. The van der Waals surface area contributed by atoms with Gasteiger partial charge in [0.05, 0.1) is 22.5 Å². The van der Waals surface area contributed by atoms with Crippen molar-refractivity contribution in [2.75, 3.05) is 0 Å². The van der Waals surface area contributed by atoms with Crippen molar-refractivity contribution in [3.63, 3.8) is 0 Å². The Balaban J connectivity index is 3.01. The Hall–Kier alpha value is -1.44. The summed E-state index contributed by atoms with van der Waals surface area (Å²) in [6, 6.07) is 5.61. The van der Waals surface area contributed by atoms with Crippen LogP contribution >= 0.6 is 0 Å². The van der Waals surface area contributed by atoms with Crippen LogP contribution in [0.4, 0.5) is 0 Å². The lowest BCUT2D eigenvalue weighted by Crippen LogP contribution is -2.57. The van der Waals surface area contributed by atoms with Crippen molar-refractivity contribution in [1.29, 1.82) is 0 Å². The summed E-state index contributed by atoms with van der Waals surface area (Å²) in [6.07, 6.45) is -0.164. The molecule has 21 heavy (non-hydrogen) atoms. The lowest BCUT2D eigenvalue weighted by molar-refractivity contribution is -0.136. The van der Waals surface area contributed by atoms with E-state index < -0.39 is 27.1 Å². The normalized spacial score (nSPS) is 13.2. The molecular formula is C14H21NO5S. The number of carboxylic acids is 1. The molecule has 0 saturated carbocycles. The van der Waals surface area contributed by atoms with E-state index in [0.29, 0.717) is 5.56 Å². The molecule has 0 radical (unpaired) electrons. The van der Waals surface area contributed by atoms with Crippen LogP contribution in [0.3, 0.4) is 0 Å². The number of hydrogen-bond acceptors (Lipinski definition) is 4. The lowest BCUT2D eigenvalue weighted by atomic mass is 9.87. The van der Waals surface area contributed by atoms with Crippen molar-refractivity contribution in [3.05, 3.63) is 29.8 Å². The zero-order chi connectivity index (χ0) is 16.5. The molecule has 7 heteroatoms. The highest BCUT2D eigenvalue weighted by Gasteiger charge is 2.38. The van der Waals surface area contributed by atoms with E-state index in [0.717, 1.165) is 0 Å². The second kappa shape index (κ2) is 5.75.